The predicted molar refractivity (Wildman–Crippen MR) is 187 cm³/mol. The molecule has 6 rings (SSSR count). The molecule has 1 aromatic heterocycles. The molecule has 4 aromatic carbocycles. The fraction of sp³-hybridized carbons (Fsp3) is 0.237. The Bertz CT molecular complexity index is 1790. The van der Waals surface area contributed by atoms with E-state index in [2.05, 4.69) is 65.8 Å². The minimum Gasteiger partial charge on any atom is -0.497 e. The third-order valence-electron chi connectivity index (χ3n) is 9.08. The SMILES string of the molecule is COc1ccc(N2Cc3cnc(Nc4ccccc4)nc3N([C@](C)(O[Si])C(c3ccccc3)(c3ccccc3)C(C)(C)C)C2=O)cc1. The summed E-state index contributed by atoms with van der Waals surface area (Å²) < 4.78 is 12.0. The van der Waals surface area contributed by atoms with Gasteiger partial charge in [0, 0.05) is 23.1 Å². The zero-order valence-corrected chi connectivity index (χ0v) is 28.3. The summed E-state index contributed by atoms with van der Waals surface area (Å²) in [6, 6.07) is 37.3. The van der Waals surface area contributed by atoms with Crippen molar-refractivity contribution < 1.29 is 14.0 Å². The lowest BCUT2D eigenvalue weighted by atomic mass is 9.53. The molecule has 0 saturated heterocycles. The first kappa shape index (κ1) is 32.0. The van der Waals surface area contributed by atoms with Crippen LogP contribution in [0.25, 0.3) is 0 Å². The third-order valence-corrected chi connectivity index (χ3v) is 9.48. The van der Waals surface area contributed by atoms with Gasteiger partial charge in [-0.25, -0.2) is 14.7 Å². The van der Waals surface area contributed by atoms with Gasteiger partial charge in [-0.3, -0.25) is 4.90 Å². The van der Waals surface area contributed by atoms with Crippen molar-refractivity contribution in [2.45, 2.75) is 45.4 Å². The van der Waals surface area contributed by atoms with Gasteiger partial charge in [0.1, 0.15) is 11.6 Å². The van der Waals surface area contributed by atoms with Crippen LogP contribution in [-0.4, -0.2) is 39.3 Å². The van der Waals surface area contributed by atoms with E-state index in [1.54, 1.807) is 23.1 Å². The molecule has 2 amide bonds. The predicted octanol–water partition coefficient (Wildman–Crippen LogP) is 8.02. The van der Waals surface area contributed by atoms with Crippen LogP contribution in [0.3, 0.4) is 0 Å². The molecule has 1 aliphatic heterocycles. The lowest BCUT2D eigenvalue weighted by Gasteiger charge is -2.60. The Balaban J connectivity index is 1.63. The number of rotatable bonds is 9. The van der Waals surface area contributed by atoms with Gasteiger partial charge in [0.2, 0.25) is 16.4 Å². The molecule has 0 unspecified atom stereocenters. The van der Waals surface area contributed by atoms with Crippen molar-refractivity contribution in [1.82, 2.24) is 9.97 Å². The number of para-hydroxylation sites is 1. The van der Waals surface area contributed by atoms with E-state index in [0.717, 1.165) is 22.4 Å². The van der Waals surface area contributed by atoms with Crippen LogP contribution in [-0.2, 0) is 16.4 Å². The second-order valence-corrected chi connectivity index (χ2v) is 13.0. The van der Waals surface area contributed by atoms with Crippen molar-refractivity contribution in [3.8, 4) is 5.75 Å². The Labute approximate surface area is 279 Å². The zero-order chi connectivity index (χ0) is 33.2. The van der Waals surface area contributed by atoms with E-state index in [9.17, 15) is 0 Å². The molecular weight excluding hydrogens is 603 g/mol. The molecule has 0 bridgehead atoms. The maximum Gasteiger partial charge on any atom is 0.332 e. The molecule has 9 heteroatoms. The fourth-order valence-corrected chi connectivity index (χ4v) is 7.39. The highest BCUT2D eigenvalue weighted by molar-refractivity contribution is 6.07. The van der Waals surface area contributed by atoms with Gasteiger partial charge in [-0.15, -0.1) is 0 Å². The number of anilines is 4. The first-order valence-corrected chi connectivity index (χ1v) is 15.9. The first-order chi connectivity index (χ1) is 22.6. The van der Waals surface area contributed by atoms with E-state index in [4.69, 9.17) is 14.1 Å². The second-order valence-electron chi connectivity index (χ2n) is 12.8. The van der Waals surface area contributed by atoms with Gasteiger partial charge in [-0.05, 0) is 59.9 Å². The number of amides is 2. The summed E-state index contributed by atoms with van der Waals surface area (Å²) in [5.74, 6) is 1.51. The van der Waals surface area contributed by atoms with Crippen LogP contribution >= 0.6 is 0 Å². The van der Waals surface area contributed by atoms with E-state index >= 15 is 4.79 Å². The lowest BCUT2D eigenvalue weighted by molar-refractivity contribution is -0.0243. The lowest BCUT2D eigenvalue weighted by Crippen LogP contribution is -2.71. The molecule has 237 valence electrons. The van der Waals surface area contributed by atoms with Crippen LogP contribution in [0, 0.1) is 5.41 Å². The summed E-state index contributed by atoms with van der Waals surface area (Å²) in [6.45, 7) is 8.75. The third kappa shape index (κ3) is 5.45. The zero-order valence-electron chi connectivity index (χ0n) is 27.3. The van der Waals surface area contributed by atoms with Gasteiger partial charge in [-0.1, -0.05) is 99.6 Å². The number of nitrogens with one attached hydrogen (secondary N) is 1. The highest BCUT2D eigenvalue weighted by Gasteiger charge is 2.63. The van der Waals surface area contributed by atoms with E-state index in [1.165, 1.54) is 0 Å². The minimum absolute atomic E-state index is 0.263. The van der Waals surface area contributed by atoms with Crippen LogP contribution in [0.2, 0.25) is 0 Å². The van der Waals surface area contributed by atoms with Crippen LogP contribution in [0.1, 0.15) is 44.4 Å². The summed E-state index contributed by atoms with van der Waals surface area (Å²) in [6.07, 6.45) is 1.78. The molecule has 2 heterocycles. The first-order valence-electron chi connectivity index (χ1n) is 15.5. The number of carbonyl (C=O) groups excluding carboxylic acids is 1. The number of hydrogen-bond donors (Lipinski definition) is 1. The van der Waals surface area contributed by atoms with Crippen molar-refractivity contribution in [2.24, 2.45) is 5.41 Å². The minimum atomic E-state index is -1.40. The molecule has 0 fully saturated rings. The number of nitrogens with zero attached hydrogens (tertiary/aromatic N) is 4. The Morgan fingerprint density at radius 1 is 0.787 bits per heavy atom. The number of benzene rings is 4. The molecule has 0 aliphatic carbocycles. The van der Waals surface area contributed by atoms with E-state index in [0.29, 0.717) is 23.2 Å². The largest absolute Gasteiger partial charge is 0.497 e. The Hall–Kier alpha value is -4.99. The van der Waals surface area contributed by atoms with E-state index in [-0.39, 0.29) is 12.6 Å². The van der Waals surface area contributed by atoms with Gasteiger partial charge in [0.25, 0.3) is 0 Å². The molecule has 47 heavy (non-hydrogen) atoms. The molecular formula is C38H38N5O3Si. The van der Waals surface area contributed by atoms with Crippen molar-refractivity contribution >= 4 is 39.7 Å². The van der Waals surface area contributed by atoms with Gasteiger partial charge >= 0.3 is 6.03 Å². The average molecular weight is 641 g/mol. The molecule has 0 spiro atoms. The Morgan fingerprint density at radius 2 is 1.34 bits per heavy atom. The maximum atomic E-state index is 15.2. The van der Waals surface area contributed by atoms with Gasteiger partial charge in [-0.2, -0.15) is 4.98 Å². The summed E-state index contributed by atoms with van der Waals surface area (Å²) in [5, 5.41) is 3.31. The number of fused-ring (bicyclic) bond motifs is 1. The van der Waals surface area contributed by atoms with Gasteiger partial charge in [0.15, 0.2) is 5.72 Å². The fourth-order valence-electron chi connectivity index (χ4n) is 7.14. The van der Waals surface area contributed by atoms with Crippen LogP contribution in [0.15, 0.2) is 121 Å². The van der Waals surface area contributed by atoms with Crippen molar-refractivity contribution in [2.75, 3.05) is 22.2 Å². The molecule has 5 aromatic rings. The van der Waals surface area contributed by atoms with Crippen LogP contribution in [0.4, 0.5) is 27.9 Å². The maximum absolute atomic E-state index is 15.2. The highest BCUT2D eigenvalue weighted by atomic mass is 28.2. The standard InChI is InChI=1S/C38H38N5O3Si/c1-36(2,3)38(28-15-9-6-10-16-28,29-17-11-7-12-18-29)37(4,46-47)43-33-27(25-39-34(41-33)40-30-19-13-8-14-20-30)26-42(35(43)44)31-21-23-32(45-5)24-22-31/h6-25H,26H2,1-5H3,(H,39,40,41)/t37-/m1/s1. The molecule has 3 radical (unpaired) electrons. The summed E-state index contributed by atoms with van der Waals surface area (Å²) >= 11 is 0. The van der Waals surface area contributed by atoms with E-state index in [1.807, 2.05) is 97.9 Å². The number of methoxy groups -OCH3 is 1. The molecule has 8 nitrogen and oxygen atoms in total. The normalized spacial score (nSPS) is 14.7. The molecule has 1 N–H and O–H groups in total. The van der Waals surface area contributed by atoms with Crippen molar-refractivity contribution in [3.63, 3.8) is 0 Å². The van der Waals surface area contributed by atoms with Crippen molar-refractivity contribution in [3.05, 3.63) is 138 Å². The van der Waals surface area contributed by atoms with Gasteiger partial charge in [0.05, 0.1) is 19.1 Å². The monoisotopic (exact) mass is 640 g/mol. The smallest absolute Gasteiger partial charge is 0.332 e. The Kier molecular flexibility index (Phi) is 8.61. The average Bonchev–Trinajstić information content (AvgIpc) is 3.09. The van der Waals surface area contributed by atoms with E-state index < -0.39 is 16.6 Å². The van der Waals surface area contributed by atoms with Crippen LogP contribution in [0.5, 0.6) is 5.75 Å². The number of aromatic nitrogens is 2. The topological polar surface area (TPSA) is 79.8 Å². The number of hydrogen-bond acceptors (Lipinski definition) is 6. The number of carbonyl (C=O) groups is 1. The summed E-state index contributed by atoms with van der Waals surface area (Å²) in [5.41, 5.74) is 1.39. The van der Waals surface area contributed by atoms with Gasteiger partial charge < -0.3 is 14.5 Å². The molecule has 1 atom stereocenters. The quantitative estimate of drug-likeness (QED) is 0.164. The number of urea groups is 1. The highest BCUT2D eigenvalue weighted by Crippen LogP contribution is 2.57. The van der Waals surface area contributed by atoms with Crippen molar-refractivity contribution in [1.29, 1.82) is 0 Å². The molecule has 1 aliphatic rings. The number of ether oxygens (including phenoxy) is 1. The molecule has 0 saturated carbocycles. The van der Waals surface area contributed by atoms with Crippen LogP contribution < -0.4 is 19.9 Å². The Morgan fingerprint density at radius 3 is 1.85 bits per heavy atom. The second kappa shape index (κ2) is 12.7. The summed E-state index contributed by atoms with van der Waals surface area (Å²) in [7, 11) is 5.18. The summed E-state index contributed by atoms with van der Waals surface area (Å²) in [4.78, 5) is 28.3.